The van der Waals surface area contributed by atoms with E-state index >= 15 is 0 Å². The molecule has 4 heteroatoms. The van der Waals surface area contributed by atoms with Gasteiger partial charge in [0.2, 0.25) is 5.82 Å². The molecule has 0 bridgehead atoms. The van der Waals surface area contributed by atoms with Gasteiger partial charge in [-0.25, -0.2) is 9.37 Å². The number of halogens is 2. The molecule has 2 aromatic carbocycles. The molecule has 0 aliphatic carbocycles. The van der Waals surface area contributed by atoms with Crippen LogP contribution in [-0.2, 0) is 6.42 Å². The minimum absolute atomic E-state index is 0.0195. The molecule has 0 saturated heterocycles. The average Bonchev–Trinajstić information content (AvgIpc) is 2.60. The molecule has 0 atom stereocenters. The number of hydrogen-bond donors (Lipinski definition) is 0. The van der Waals surface area contributed by atoms with Crippen LogP contribution in [0.1, 0.15) is 25.8 Å². The van der Waals surface area contributed by atoms with E-state index in [1.165, 1.54) is 11.6 Å². The van der Waals surface area contributed by atoms with E-state index in [9.17, 15) is 8.78 Å². The van der Waals surface area contributed by atoms with E-state index in [0.717, 1.165) is 18.4 Å². The zero-order chi connectivity index (χ0) is 17.1. The second kappa shape index (κ2) is 6.95. The van der Waals surface area contributed by atoms with Gasteiger partial charge in [-0.05, 0) is 31.0 Å². The summed E-state index contributed by atoms with van der Waals surface area (Å²) in [4.78, 5) is 4.31. The Morgan fingerprint density at radius 2 is 1.71 bits per heavy atom. The molecule has 0 amide bonds. The van der Waals surface area contributed by atoms with Crippen molar-refractivity contribution in [3.05, 3.63) is 59.7 Å². The number of hydrogen-bond acceptors (Lipinski definition) is 2. The van der Waals surface area contributed by atoms with Crippen LogP contribution in [0, 0.1) is 11.6 Å². The Kier molecular flexibility index (Phi) is 4.74. The smallest absolute Gasteiger partial charge is 0.202 e. The van der Waals surface area contributed by atoms with Gasteiger partial charge in [0.15, 0.2) is 11.6 Å². The molecule has 124 valence electrons. The van der Waals surface area contributed by atoms with Gasteiger partial charge in [-0.3, -0.25) is 0 Å². The SMILES string of the molecule is CCCc1ccc(-c2ccc3cc(OCC)c(F)c(F)c3n2)cc1. The first-order chi connectivity index (χ1) is 11.6. The molecule has 0 unspecified atom stereocenters. The van der Waals surface area contributed by atoms with Crippen LogP contribution in [0.3, 0.4) is 0 Å². The first-order valence-electron chi connectivity index (χ1n) is 8.15. The Balaban J connectivity index is 2.04. The number of aromatic nitrogens is 1. The molecular weight excluding hydrogens is 308 g/mol. The molecule has 0 N–H and O–H groups in total. The van der Waals surface area contributed by atoms with E-state index in [-0.39, 0.29) is 17.9 Å². The summed E-state index contributed by atoms with van der Waals surface area (Å²) in [6.07, 6.45) is 2.10. The molecule has 1 aromatic heterocycles. The van der Waals surface area contributed by atoms with Gasteiger partial charge < -0.3 is 4.74 Å². The maximum atomic E-state index is 14.3. The lowest BCUT2D eigenvalue weighted by Crippen LogP contribution is -1.99. The first kappa shape index (κ1) is 16.4. The Labute approximate surface area is 140 Å². The molecule has 24 heavy (non-hydrogen) atoms. The van der Waals surface area contributed by atoms with Crippen molar-refractivity contribution in [2.45, 2.75) is 26.7 Å². The van der Waals surface area contributed by atoms with Crippen LogP contribution in [0.25, 0.3) is 22.2 Å². The van der Waals surface area contributed by atoms with E-state index in [0.29, 0.717) is 11.1 Å². The Hall–Kier alpha value is -2.49. The third-order valence-electron chi connectivity index (χ3n) is 3.92. The van der Waals surface area contributed by atoms with Crippen molar-refractivity contribution in [2.24, 2.45) is 0 Å². The molecule has 0 aliphatic rings. The topological polar surface area (TPSA) is 22.1 Å². The van der Waals surface area contributed by atoms with Gasteiger partial charge in [0.05, 0.1) is 12.3 Å². The van der Waals surface area contributed by atoms with Crippen LogP contribution in [0.2, 0.25) is 0 Å². The molecular formula is C20H19F2NO. The minimum Gasteiger partial charge on any atom is -0.491 e. The lowest BCUT2D eigenvalue weighted by molar-refractivity contribution is 0.315. The number of fused-ring (bicyclic) bond motifs is 1. The normalized spacial score (nSPS) is 11.0. The summed E-state index contributed by atoms with van der Waals surface area (Å²) in [7, 11) is 0. The number of rotatable bonds is 5. The zero-order valence-electron chi connectivity index (χ0n) is 13.8. The third kappa shape index (κ3) is 3.09. The third-order valence-corrected chi connectivity index (χ3v) is 3.92. The van der Waals surface area contributed by atoms with E-state index in [2.05, 4.69) is 11.9 Å². The van der Waals surface area contributed by atoms with Crippen LogP contribution in [0.15, 0.2) is 42.5 Å². The Morgan fingerprint density at radius 1 is 0.958 bits per heavy atom. The molecule has 1 heterocycles. The van der Waals surface area contributed by atoms with Crippen molar-refractivity contribution < 1.29 is 13.5 Å². The van der Waals surface area contributed by atoms with Crippen LogP contribution >= 0.6 is 0 Å². The van der Waals surface area contributed by atoms with Crippen molar-refractivity contribution in [1.29, 1.82) is 0 Å². The van der Waals surface area contributed by atoms with E-state index < -0.39 is 11.6 Å². The average molecular weight is 327 g/mol. The van der Waals surface area contributed by atoms with Gasteiger partial charge in [0.1, 0.15) is 5.52 Å². The Morgan fingerprint density at radius 3 is 2.38 bits per heavy atom. The van der Waals surface area contributed by atoms with Gasteiger partial charge in [-0.2, -0.15) is 4.39 Å². The van der Waals surface area contributed by atoms with E-state index in [4.69, 9.17) is 4.74 Å². The van der Waals surface area contributed by atoms with E-state index in [1.807, 2.05) is 30.3 Å². The van der Waals surface area contributed by atoms with Gasteiger partial charge in [0, 0.05) is 10.9 Å². The maximum absolute atomic E-state index is 14.3. The highest BCUT2D eigenvalue weighted by atomic mass is 19.2. The summed E-state index contributed by atoms with van der Waals surface area (Å²) in [5.74, 6) is -2.05. The van der Waals surface area contributed by atoms with Crippen LogP contribution in [-0.4, -0.2) is 11.6 Å². The predicted octanol–water partition coefficient (Wildman–Crippen LogP) is 5.53. The maximum Gasteiger partial charge on any atom is 0.202 e. The molecule has 0 fully saturated rings. The van der Waals surface area contributed by atoms with Crippen LogP contribution in [0.4, 0.5) is 8.78 Å². The number of ether oxygens (including phenoxy) is 1. The molecule has 0 saturated carbocycles. The summed E-state index contributed by atoms with van der Waals surface area (Å²) < 4.78 is 33.5. The van der Waals surface area contributed by atoms with Crippen molar-refractivity contribution in [3.8, 4) is 17.0 Å². The highest BCUT2D eigenvalue weighted by molar-refractivity contribution is 5.83. The second-order valence-corrected chi connectivity index (χ2v) is 5.65. The second-order valence-electron chi connectivity index (χ2n) is 5.65. The fourth-order valence-corrected chi connectivity index (χ4v) is 2.73. The summed E-state index contributed by atoms with van der Waals surface area (Å²) >= 11 is 0. The number of aryl methyl sites for hydroxylation is 1. The first-order valence-corrected chi connectivity index (χ1v) is 8.15. The largest absolute Gasteiger partial charge is 0.491 e. The van der Waals surface area contributed by atoms with Crippen molar-refractivity contribution >= 4 is 10.9 Å². The number of benzene rings is 2. The predicted molar refractivity (Wildman–Crippen MR) is 92.3 cm³/mol. The van der Waals surface area contributed by atoms with Crippen LogP contribution in [0.5, 0.6) is 5.75 Å². The molecule has 0 aliphatic heterocycles. The monoisotopic (exact) mass is 327 g/mol. The zero-order valence-corrected chi connectivity index (χ0v) is 13.8. The highest BCUT2D eigenvalue weighted by Crippen LogP contribution is 2.30. The number of pyridine rings is 1. The fourth-order valence-electron chi connectivity index (χ4n) is 2.73. The van der Waals surface area contributed by atoms with Crippen molar-refractivity contribution in [3.63, 3.8) is 0 Å². The lowest BCUT2D eigenvalue weighted by Gasteiger charge is -2.09. The standard InChI is InChI=1S/C20H19F2NO/c1-3-5-13-6-8-14(9-7-13)16-11-10-15-12-17(24-4-2)18(21)19(22)20(15)23-16/h6-12H,3-5H2,1-2H3. The Bertz CT molecular complexity index is 860. The van der Waals surface area contributed by atoms with Crippen molar-refractivity contribution in [2.75, 3.05) is 6.61 Å². The van der Waals surface area contributed by atoms with Crippen LogP contribution < -0.4 is 4.74 Å². The van der Waals surface area contributed by atoms with Crippen molar-refractivity contribution in [1.82, 2.24) is 4.98 Å². The summed E-state index contributed by atoms with van der Waals surface area (Å²) in [6, 6.07) is 13.0. The summed E-state index contributed by atoms with van der Waals surface area (Å²) in [5.41, 5.74) is 2.77. The van der Waals surface area contributed by atoms with Gasteiger partial charge in [-0.15, -0.1) is 0 Å². The molecule has 2 nitrogen and oxygen atoms in total. The molecule has 0 spiro atoms. The molecule has 0 radical (unpaired) electrons. The number of nitrogens with zero attached hydrogens (tertiary/aromatic N) is 1. The van der Waals surface area contributed by atoms with E-state index in [1.54, 1.807) is 13.0 Å². The molecule has 3 rings (SSSR count). The van der Waals surface area contributed by atoms with Gasteiger partial charge in [0.25, 0.3) is 0 Å². The van der Waals surface area contributed by atoms with Gasteiger partial charge >= 0.3 is 0 Å². The quantitative estimate of drug-likeness (QED) is 0.614. The minimum atomic E-state index is -0.993. The summed E-state index contributed by atoms with van der Waals surface area (Å²) in [5, 5.41) is 0.517. The molecule has 3 aromatic rings. The lowest BCUT2D eigenvalue weighted by atomic mass is 10.0. The highest BCUT2D eigenvalue weighted by Gasteiger charge is 2.16. The van der Waals surface area contributed by atoms with Gasteiger partial charge in [-0.1, -0.05) is 43.7 Å². The summed E-state index contributed by atoms with van der Waals surface area (Å²) in [6.45, 7) is 4.13. The fraction of sp³-hybridized carbons (Fsp3) is 0.250.